The van der Waals surface area contributed by atoms with Crippen molar-refractivity contribution in [1.29, 1.82) is 5.26 Å². The number of anilines is 1. The Morgan fingerprint density at radius 3 is 2.71 bits per heavy atom. The maximum atomic E-state index is 9.14. The number of hydrogen-bond acceptors (Lipinski definition) is 2. The van der Waals surface area contributed by atoms with Crippen molar-refractivity contribution in [3.63, 3.8) is 0 Å². The molecule has 2 heteroatoms. The van der Waals surface area contributed by atoms with E-state index in [1.807, 2.05) is 31.2 Å². The highest BCUT2D eigenvalue weighted by Gasteiger charge is 2.26. The van der Waals surface area contributed by atoms with E-state index in [0.29, 0.717) is 12.1 Å². The topological polar surface area (TPSA) is 49.8 Å². The van der Waals surface area contributed by atoms with Gasteiger partial charge in [0.05, 0.1) is 11.5 Å². The number of nitrogens with two attached hydrogens (primary N) is 1. The predicted octanol–water partition coefficient (Wildman–Crippen LogP) is 2.63. The third-order valence-electron chi connectivity index (χ3n) is 2.35. The zero-order valence-electron chi connectivity index (χ0n) is 8.33. The molecule has 1 atom stereocenters. The summed E-state index contributed by atoms with van der Waals surface area (Å²) in [6.07, 6.45) is 2.35. The highest BCUT2D eigenvalue weighted by atomic mass is 14.6. The molecule has 0 amide bonds. The number of nitriles is 1. The quantitative estimate of drug-likeness (QED) is 0.582. The molecule has 2 nitrogen and oxygen atoms in total. The molecule has 0 aliphatic heterocycles. The maximum Gasteiger partial charge on any atom is 0.0848 e. The van der Waals surface area contributed by atoms with Gasteiger partial charge < -0.3 is 5.73 Å². The fraction of sp³-hybridized carbons (Fsp3) is 0.250. The molecule has 0 aliphatic rings. The van der Waals surface area contributed by atoms with Gasteiger partial charge in [-0.3, -0.25) is 0 Å². The second-order valence-corrected chi connectivity index (χ2v) is 3.52. The van der Waals surface area contributed by atoms with Crippen LogP contribution < -0.4 is 5.73 Å². The van der Waals surface area contributed by atoms with Crippen molar-refractivity contribution < 1.29 is 0 Å². The van der Waals surface area contributed by atoms with Crippen LogP contribution in [0, 0.1) is 11.3 Å². The van der Waals surface area contributed by atoms with Crippen molar-refractivity contribution in [2.24, 2.45) is 0 Å². The lowest BCUT2D eigenvalue weighted by Gasteiger charge is -2.21. The predicted molar refractivity (Wildman–Crippen MR) is 58.6 cm³/mol. The maximum absolute atomic E-state index is 9.14. The van der Waals surface area contributed by atoms with Gasteiger partial charge in [-0.05, 0) is 25.0 Å². The molecule has 0 saturated carbocycles. The summed E-state index contributed by atoms with van der Waals surface area (Å²) in [6, 6.07) is 9.75. The van der Waals surface area contributed by atoms with Crippen LogP contribution in [0.5, 0.6) is 0 Å². The highest BCUT2D eigenvalue weighted by molar-refractivity contribution is 5.53. The van der Waals surface area contributed by atoms with Crippen LogP contribution in [0.4, 0.5) is 5.69 Å². The van der Waals surface area contributed by atoms with E-state index in [0.717, 1.165) is 5.56 Å². The molecule has 0 aromatic heterocycles. The summed E-state index contributed by atoms with van der Waals surface area (Å²) in [4.78, 5) is 0. The number of para-hydroxylation sites is 1. The van der Waals surface area contributed by atoms with E-state index in [-0.39, 0.29) is 0 Å². The van der Waals surface area contributed by atoms with Crippen LogP contribution in [0.15, 0.2) is 36.9 Å². The Morgan fingerprint density at radius 1 is 1.57 bits per heavy atom. The van der Waals surface area contributed by atoms with Crippen LogP contribution in [-0.2, 0) is 5.41 Å². The Hall–Kier alpha value is -1.75. The zero-order chi connectivity index (χ0) is 10.6. The average Bonchev–Trinajstić information content (AvgIpc) is 2.18. The van der Waals surface area contributed by atoms with Gasteiger partial charge in [-0.2, -0.15) is 5.26 Å². The summed E-state index contributed by atoms with van der Waals surface area (Å²) >= 11 is 0. The summed E-state index contributed by atoms with van der Waals surface area (Å²) in [7, 11) is 0. The third-order valence-corrected chi connectivity index (χ3v) is 2.35. The van der Waals surface area contributed by atoms with Gasteiger partial charge in [0, 0.05) is 5.69 Å². The lowest BCUT2D eigenvalue weighted by molar-refractivity contribution is 0.624. The minimum atomic E-state index is -0.562. The van der Waals surface area contributed by atoms with Gasteiger partial charge in [-0.1, -0.05) is 24.3 Å². The van der Waals surface area contributed by atoms with Gasteiger partial charge in [0.2, 0.25) is 0 Å². The van der Waals surface area contributed by atoms with E-state index >= 15 is 0 Å². The SMILES string of the molecule is C=CCC(C)(C#N)c1ccccc1N. The Balaban J connectivity index is 3.20. The molecule has 0 heterocycles. The number of rotatable bonds is 3. The third kappa shape index (κ3) is 1.77. The lowest BCUT2D eigenvalue weighted by atomic mass is 9.80. The fourth-order valence-corrected chi connectivity index (χ4v) is 1.50. The van der Waals surface area contributed by atoms with Gasteiger partial charge in [0.25, 0.3) is 0 Å². The minimum absolute atomic E-state index is 0.562. The Labute approximate surface area is 84.7 Å². The standard InChI is InChI=1S/C12H14N2/c1-3-8-12(2,9-13)10-6-4-5-7-11(10)14/h3-7H,1,8,14H2,2H3. The molecule has 0 aliphatic carbocycles. The first kappa shape index (κ1) is 10.3. The van der Waals surface area contributed by atoms with E-state index in [4.69, 9.17) is 11.0 Å². The van der Waals surface area contributed by atoms with Crippen molar-refractivity contribution in [2.45, 2.75) is 18.8 Å². The number of benzene rings is 1. The Bertz CT molecular complexity index is 376. The van der Waals surface area contributed by atoms with Gasteiger partial charge >= 0.3 is 0 Å². The molecule has 72 valence electrons. The van der Waals surface area contributed by atoms with Crippen LogP contribution in [0.2, 0.25) is 0 Å². The second-order valence-electron chi connectivity index (χ2n) is 3.52. The summed E-state index contributed by atoms with van der Waals surface area (Å²) in [5.41, 5.74) is 6.81. The average molecular weight is 186 g/mol. The molecule has 14 heavy (non-hydrogen) atoms. The number of hydrogen-bond donors (Lipinski definition) is 1. The summed E-state index contributed by atoms with van der Waals surface area (Å²) in [5, 5.41) is 9.14. The molecular weight excluding hydrogens is 172 g/mol. The molecule has 1 aromatic rings. The van der Waals surface area contributed by atoms with Crippen molar-refractivity contribution in [3.05, 3.63) is 42.5 Å². The van der Waals surface area contributed by atoms with Crippen LogP contribution in [0.3, 0.4) is 0 Å². The molecule has 0 fully saturated rings. The molecule has 1 aromatic carbocycles. The first-order valence-corrected chi connectivity index (χ1v) is 4.51. The summed E-state index contributed by atoms with van der Waals surface area (Å²) in [5.74, 6) is 0. The van der Waals surface area contributed by atoms with E-state index < -0.39 is 5.41 Å². The number of allylic oxidation sites excluding steroid dienone is 1. The molecule has 0 spiro atoms. The van der Waals surface area contributed by atoms with Crippen LogP contribution in [0.1, 0.15) is 18.9 Å². The van der Waals surface area contributed by atoms with Crippen LogP contribution in [0.25, 0.3) is 0 Å². The van der Waals surface area contributed by atoms with Gasteiger partial charge in [-0.25, -0.2) is 0 Å². The van der Waals surface area contributed by atoms with Crippen LogP contribution >= 0.6 is 0 Å². The van der Waals surface area contributed by atoms with E-state index in [1.54, 1.807) is 6.08 Å². The Morgan fingerprint density at radius 2 is 2.21 bits per heavy atom. The number of nitrogens with zero attached hydrogens (tertiary/aromatic N) is 1. The summed E-state index contributed by atoms with van der Waals surface area (Å²) < 4.78 is 0. The van der Waals surface area contributed by atoms with E-state index in [1.165, 1.54) is 0 Å². The molecule has 2 N–H and O–H groups in total. The lowest BCUT2D eigenvalue weighted by Crippen LogP contribution is -2.20. The molecule has 1 rings (SSSR count). The molecule has 0 bridgehead atoms. The summed E-state index contributed by atoms with van der Waals surface area (Å²) in [6.45, 7) is 5.53. The fourth-order valence-electron chi connectivity index (χ4n) is 1.50. The highest BCUT2D eigenvalue weighted by Crippen LogP contribution is 2.31. The first-order chi connectivity index (χ1) is 6.64. The Kier molecular flexibility index (Phi) is 2.93. The van der Waals surface area contributed by atoms with Crippen molar-refractivity contribution >= 4 is 5.69 Å². The van der Waals surface area contributed by atoms with E-state index in [2.05, 4.69) is 12.6 Å². The number of nitrogen functional groups attached to an aromatic ring is 1. The van der Waals surface area contributed by atoms with Crippen LogP contribution in [-0.4, -0.2) is 0 Å². The molecular formula is C12H14N2. The molecule has 0 radical (unpaired) electrons. The van der Waals surface area contributed by atoms with Crippen molar-refractivity contribution in [1.82, 2.24) is 0 Å². The first-order valence-electron chi connectivity index (χ1n) is 4.51. The van der Waals surface area contributed by atoms with Gasteiger partial charge in [-0.15, -0.1) is 6.58 Å². The monoisotopic (exact) mass is 186 g/mol. The smallest absolute Gasteiger partial charge is 0.0848 e. The van der Waals surface area contributed by atoms with Gasteiger partial charge in [0.1, 0.15) is 0 Å². The van der Waals surface area contributed by atoms with E-state index in [9.17, 15) is 0 Å². The minimum Gasteiger partial charge on any atom is -0.398 e. The van der Waals surface area contributed by atoms with Crippen molar-refractivity contribution in [2.75, 3.05) is 5.73 Å². The second kappa shape index (κ2) is 3.97. The molecule has 1 unspecified atom stereocenters. The zero-order valence-corrected chi connectivity index (χ0v) is 8.33. The van der Waals surface area contributed by atoms with Gasteiger partial charge in [0.15, 0.2) is 0 Å². The largest absolute Gasteiger partial charge is 0.398 e. The normalized spacial score (nSPS) is 14.0. The molecule has 0 saturated heterocycles. The van der Waals surface area contributed by atoms with Crippen molar-refractivity contribution in [3.8, 4) is 6.07 Å².